The molecule has 0 atom stereocenters. The number of carbonyl (C=O) groups is 1. The van der Waals surface area contributed by atoms with Gasteiger partial charge in [0.2, 0.25) is 0 Å². The van der Waals surface area contributed by atoms with Gasteiger partial charge in [0.25, 0.3) is 5.91 Å². The van der Waals surface area contributed by atoms with Crippen molar-refractivity contribution in [2.24, 2.45) is 5.10 Å². The fraction of sp³-hybridized carbons (Fsp3) is 0.0417. The monoisotopic (exact) mass is 530 g/mol. The second-order valence-corrected chi connectivity index (χ2v) is 9.07. The van der Waals surface area contributed by atoms with Gasteiger partial charge in [-0.2, -0.15) is 5.10 Å². The molecule has 4 rings (SSSR count). The summed E-state index contributed by atoms with van der Waals surface area (Å²) >= 11 is 19.6. The van der Waals surface area contributed by atoms with Crippen LogP contribution < -0.4 is 15.5 Å². The van der Waals surface area contributed by atoms with Crippen LogP contribution in [0.5, 0.6) is 5.75 Å². The summed E-state index contributed by atoms with van der Waals surface area (Å²) in [6.07, 6.45) is 1.45. The number of carbonyl (C=O) groups excluding carboxylic acids is 1. The van der Waals surface area contributed by atoms with Gasteiger partial charge in [0.05, 0.1) is 29.1 Å². The van der Waals surface area contributed by atoms with Crippen LogP contribution in [0, 0.1) is 0 Å². The van der Waals surface area contributed by atoms with Crippen LogP contribution >= 0.6 is 46.1 Å². The molecule has 0 aliphatic carbocycles. The van der Waals surface area contributed by atoms with E-state index >= 15 is 0 Å². The van der Waals surface area contributed by atoms with Crippen LogP contribution in [0.15, 0.2) is 71.1 Å². The Morgan fingerprint density at radius 1 is 1.03 bits per heavy atom. The Bertz CT molecular complexity index is 1320. The second-order valence-electron chi connectivity index (χ2n) is 6.96. The van der Waals surface area contributed by atoms with Gasteiger partial charge in [0.15, 0.2) is 10.9 Å². The number of hydrogen-bond acceptors (Lipinski definition) is 6. The molecule has 0 saturated carbocycles. The number of nitrogens with one attached hydrogen (secondary N) is 2. The van der Waals surface area contributed by atoms with Gasteiger partial charge in [0, 0.05) is 27.2 Å². The molecule has 3 aromatic carbocycles. The average molecular weight is 532 g/mol. The highest BCUT2D eigenvalue weighted by Gasteiger charge is 2.09. The summed E-state index contributed by atoms with van der Waals surface area (Å²) in [5.41, 5.74) is 6.17. The Labute approximate surface area is 215 Å². The van der Waals surface area contributed by atoms with Gasteiger partial charge in [-0.1, -0.05) is 46.9 Å². The van der Waals surface area contributed by atoms with Crippen molar-refractivity contribution in [1.82, 2.24) is 10.4 Å². The lowest BCUT2D eigenvalue weighted by molar-refractivity contribution is 0.0955. The highest BCUT2D eigenvalue weighted by Crippen LogP contribution is 2.33. The lowest BCUT2D eigenvalue weighted by Crippen LogP contribution is -2.17. The van der Waals surface area contributed by atoms with Crippen LogP contribution in [-0.4, -0.2) is 24.2 Å². The standard InChI is InChI=1S/C24H17Cl3N4O2S/c1-33-22-19(26)10-14(11-20(22)27)12-28-31-23(32)16-4-2-15(3-5-16)21-13-34-24(30-21)29-18-8-6-17(25)7-9-18/h2-13H,1H3,(H,29,30)(H,31,32)/b28-12-. The molecule has 2 N–H and O–H groups in total. The first-order chi connectivity index (χ1) is 16.4. The van der Waals surface area contributed by atoms with Crippen LogP contribution in [0.25, 0.3) is 11.3 Å². The fourth-order valence-corrected chi connectivity index (χ4v) is 4.52. The number of nitrogens with zero attached hydrogens (tertiary/aromatic N) is 2. The zero-order valence-corrected chi connectivity index (χ0v) is 20.8. The summed E-state index contributed by atoms with van der Waals surface area (Å²) in [7, 11) is 1.48. The molecule has 0 bridgehead atoms. The minimum atomic E-state index is -0.350. The van der Waals surface area contributed by atoms with E-state index in [9.17, 15) is 4.79 Å². The molecule has 0 radical (unpaired) electrons. The first-order valence-electron chi connectivity index (χ1n) is 9.88. The van der Waals surface area contributed by atoms with Crippen LogP contribution in [0.4, 0.5) is 10.8 Å². The van der Waals surface area contributed by atoms with Crippen molar-refractivity contribution < 1.29 is 9.53 Å². The number of hydrazone groups is 1. The molecule has 4 aromatic rings. The quantitative estimate of drug-likeness (QED) is 0.194. The minimum Gasteiger partial charge on any atom is -0.494 e. The Morgan fingerprint density at radius 3 is 2.35 bits per heavy atom. The molecule has 0 fully saturated rings. The van der Waals surface area contributed by atoms with Crippen molar-refractivity contribution in [3.63, 3.8) is 0 Å². The van der Waals surface area contributed by atoms with Crippen molar-refractivity contribution in [3.05, 3.63) is 92.2 Å². The van der Waals surface area contributed by atoms with Crippen LogP contribution in [0.3, 0.4) is 0 Å². The molecule has 0 aliphatic rings. The minimum absolute atomic E-state index is 0.350. The average Bonchev–Trinajstić information content (AvgIpc) is 3.29. The highest BCUT2D eigenvalue weighted by atomic mass is 35.5. The largest absolute Gasteiger partial charge is 0.494 e. The van der Waals surface area contributed by atoms with E-state index in [4.69, 9.17) is 39.5 Å². The molecular formula is C24H17Cl3N4O2S. The first kappa shape index (κ1) is 24.0. The summed E-state index contributed by atoms with van der Waals surface area (Å²) in [4.78, 5) is 17.0. The fourth-order valence-electron chi connectivity index (χ4n) is 2.99. The van der Waals surface area contributed by atoms with E-state index in [0.717, 1.165) is 22.1 Å². The highest BCUT2D eigenvalue weighted by molar-refractivity contribution is 7.14. The number of anilines is 2. The van der Waals surface area contributed by atoms with Gasteiger partial charge in [0.1, 0.15) is 0 Å². The molecule has 0 spiro atoms. The Morgan fingerprint density at radius 2 is 1.71 bits per heavy atom. The third-order valence-electron chi connectivity index (χ3n) is 4.65. The molecule has 1 heterocycles. The van der Waals surface area contributed by atoms with E-state index in [1.54, 1.807) is 24.3 Å². The number of amides is 1. The van der Waals surface area contributed by atoms with Gasteiger partial charge >= 0.3 is 0 Å². The van der Waals surface area contributed by atoms with E-state index < -0.39 is 0 Å². The molecule has 6 nitrogen and oxygen atoms in total. The van der Waals surface area contributed by atoms with Crippen molar-refractivity contribution in [3.8, 4) is 17.0 Å². The summed E-state index contributed by atoms with van der Waals surface area (Å²) in [6.45, 7) is 0. The molecule has 34 heavy (non-hydrogen) atoms. The molecular weight excluding hydrogens is 515 g/mol. The predicted molar refractivity (Wildman–Crippen MR) is 140 cm³/mol. The third kappa shape index (κ3) is 5.87. The maximum Gasteiger partial charge on any atom is 0.271 e. The molecule has 0 unspecified atom stereocenters. The van der Waals surface area contributed by atoms with Gasteiger partial charge in [-0.05, 0) is 54.1 Å². The summed E-state index contributed by atoms with van der Waals surface area (Å²) in [5, 5.41) is 11.3. The second kappa shape index (κ2) is 10.9. The van der Waals surface area contributed by atoms with E-state index in [1.807, 2.05) is 41.8 Å². The van der Waals surface area contributed by atoms with E-state index in [1.165, 1.54) is 24.7 Å². The van der Waals surface area contributed by atoms with Crippen LogP contribution in [0.2, 0.25) is 15.1 Å². The van der Waals surface area contributed by atoms with Gasteiger partial charge in [-0.3, -0.25) is 4.79 Å². The van der Waals surface area contributed by atoms with E-state index in [2.05, 4.69) is 20.8 Å². The lowest BCUT2D eigenvalue weighted by atomic mass is 10.1. The zero-order valence-electron chi connectivity index (χ0n) is 17.7. The number of methoxy groups -OCH3 is 1. The molecule has 10 heteroatoms. The van der Waals surface area contributed by atoms with Gasteiger partial charge in [-0.25, -0.2) is 10.4 Å². The van der Waals surface area contributed by atoms with E-state index in [0.29, 0.717) is 31.9 Å². The van der Waals surface area contributed by atoms with Crippen molar-refractivity contribution >= 4 is 69.1 Å². The first-order valence-corrected chi connectivity index (χ1v) is 11.9. The summed E-state index contributed by atoms with van der Waals surface area (Å²) < 4.78 is 5.11. The number of rotatable bonds is 7. The van der Waals surface area contributed by atoms with Gasteiger partial charge in [-0.15, -0.1) is 11.3 Å². The zero-order chi connectivity index (χ0) is 24.1. The maximum atomic E-state index is 12.4. The summed E-state index contributed by atoms with van der Waals surface area (Å²) in [6, 6.07) is 17.8. The molecule has 1 aromatic heterocycles. The smallest absolute Gasteiger partial charge is 0.271 e. The number of aromatic nitrogens is 1. The third-order valence-corrected chi connectivity index (χ3v) is 6.22. The van der Waals surface area contributed by atoms with E-state index in [-0.39, 0.29) is 5.91 Å². The number of ether oxygens (including phenoxy) is 1. The Balaban J connectivity index is 1.38. The lowest BCUT2D eigenvalue weighted by Gasteiger charge is -2.06. The Hall–Kier alpha value is -3.10. The van der Waals surface area contributed by atoms with Crippen molar-refractivity contribution in [2.75, 3.05) is 12.4 Å². The number of thiazole rings is 1. The van der Waals surface area contributed by atoms with Crippen LogP contribution in [0.1, 0.15) is 15.9 Å². The maximum absolute atomic E-state index is 12.4. The van der Waals surface area contributed by atoms with Crippen LogP contribution in [-0.2, 0) is 0 Å². The molecule has 172 valence electrons. The topological polar surface area (TPSA) is 75.6 Å². The molecule has 1 amide bonds. The normalized spacial score (nSPS) is 10.9. The Kier molecular flexibility index (Phi) is 7.70. The van der Waals surface area contributed by atoms with Gasteiger partial charge < -0.3 is 10.1 Å². The van der Waals surface area contributed by atoms with Crippen molar-refractivity contribution in [1.29, 1.82) is 0 Å². The SMILES string of the molecule is COc1c(Cl)cc(/C=N\NC(=O)c2ccc(-c3csc(Nc4ccc(Cl)cc4)n3)cc2)cc1Cl. The predicted octanol–water partition coefficient (Wildman–Crippen LogP) is 7.29. The summed E-state index contributed by atoms with van der Waals surface area (Å²) in [5.74, 6) is 0.0366. The molecule has 0 aliphatic heterocycles. The number of halogens is 3. The molecule has 0 saturated heterocycles. The number of hydrogen-bond donors (Lipinski definition) is 2. The number of benzene rings is 3. The van der Waals surface area contributed by atoms with Crippen molar-refractivity contribution in [2.45, 2.75) is 0 Å².